The Bertz CT molecular complexity index is 585. The predicted molar refractivity (Wildman–Crippen MR) is 78.7 cm³/mol. The first-order valence-corrected chi connectivity index (χ1v) is 6.58. The molecule has 0 spiro atoms. The van der Waals surface area contributed by atoms with E-state index in [0.717, 1.165) is 5.56 Å². The van der Waals surface area contributed by atoms with E-state index in [1.807, 2.05) is 31.2 Å². The van der Waals surface area contributed by atoms with Crippen molar-refractivity contribution in [2.75, 3.05) is 0 Å². The van der Waals surface area contributed by atoms with Crippen molar-refractivity contribution < 1.29 is 4.79 Å². The maximum atomic E-state index is 12.0. The molecule has 3 nitrogen and oxygen atoms in total. The summed E-state index contributed by atoms with van der Waals surface area (Å²) in [7, 11) is 0. The Kier molecular flexibility index (Phi) is 3.86. The number of nitrogens with two attached hydrogens (primary N) is 1. The first-order valence-electron chi connectivity index (χ1n) is 6.58. The topological polar surface area (TPSA) is 55.1 Å². The number of benzene rings is 2. The first-order chi connectivity index (χ1) is 9.04. The average Bonchev–Trinajstić information content (AvgIpc) is 2.44. The molecule has 1 unspecified atom stereocenters. The predicted octanol–water partition coefficient (Wildman–Crippen LogP) is 2.58. The van der Waals surface area contributed by atoms with Crippen molar-refractivity contribution in [1.29, 1.82) is 0 Å². The van der Waals surface area contributed by atoms with Gasteiger partial charge in [-0.2, -0.15) is 0 Å². The van der Waals surface area contributed by atoms with Gasteiger partial charge in [0.1, 0.15) is 0 Å². The van der Waals surface area contributed by atoms with Crippen LogP contribution in [-0.2, 0) is 11.3 Å². The molecule has 0 aliphatic heterocycles. The number of hydrogen-bond donors (Lipinski definition) is 2. The monoisotopic (exact) mass is 256 g/mol. The van der Waals surface area contributed by atoms with Crippen LogP contribution in [0.5, 0.6) is 0 Å². The van der Waals surface area contributed by atoms with E-state index in [0.29, 0.717) is 13.0 Å². The molecule has 100 valence electrons. The second kappa shape index (κ2) is 5.41. The largest absolute Gasteiger partial charge is 0.350 e. The van der Waals surface area contributed by atoms with Gasteiger partial charge in [0, 0.05) is 6.54 Å². The summed E-state index contributed by atoms with van der Waals surface area (Å²) >= 11 is 0. The summed E-state index contributed by atoms with van der Waals surface area (Å²) < 4.78 is 0. The van der Waals surface area contributed by atoms with Crippen LogP contribution in [0.3, 0.4) is 0 Å². The average molecular weight is 256 g/mol. The normalized spacial score (nSPS) is 14.1. The van der Waals surface area contributed by atoms with Crippen molar-refractivity contribution >= 4 is 16.7 Å². The van der Waals surface area contributed by atoms with Crippen LogP contribution in [0.4, 0.5) is 0 Å². The standard InChI is InChI=1S/C16H20N2O/c1-3-16(2,17)15(19)18-11-13-9-6-8-12-7-4-5-10-14(12)13/h4-10H,3,11,17H2,1-2H3,(H,18,19). The number of fused-ring (bicyclic) bond motifs is 1. The molecule has 0 aliphatic rings. The number of rotatable bonds is 4. The van der Waals surface area contributed by atoms with Gasteiger partial charge in [-0.15, -0.1) is 0 Å². The molecule has 0 radical (unpaired) electrons. The van der Waals surface area contributed by atoms with E-state index in [2.05, 4.69) is 23.5 Å². The Morgan fingerprint density at radius 3 is 2.63 bits per heavy atom. The van der Waals surface area contributed by atoms with Gasteiger partial charge in [0.25, 0.3) is 0 Å². The molecule has 2 aromatic rings. The van der Waals surface area contributed by atoms with E-state index in [1.54, 1.807) is 6.92 Å². The number of carbonyl (C=O) groups is 1. The molecule has 0 fully saturated rings. The molecule has 0 heterocycles. The highest BCUT2D eigenvalue weighted by molar-refractivity contribution is 5.88. The van der Waals surface area contributed by atoms with E-state index in [4.69, 9.17) is 5.73 Å². The maximum Gasteiger partial charge on any atom is 0.240 e. The lowest BCUT2D eigenvalue weighted by molar-refractivity contribution is -0.126. The van der Waals surface area contributed by atoms with E-state index in [-0.39, 0.29) is 5.91 Å². The first kappa shape index (κ1) is 13.6. The number of hydrogen-bond acceptors (Lipinski definition) is 2. The highest BCUT2D eigenvalue weighted by Crippen LogP contribution is 2.18. The molecule has 0 saturated heterocycles. The summed E-state index contributed by atoms with van der Waals surface area (Å²) in [6, 6.07) is 14.3. The molecule has 3 N–H and O–H groups in total. The lowest BCUT2D eigenvalue weighted by Gasteiger charge is -2.21. The van der Waals surface area contributed by atoms with Gasteiger partial charge in [-0.3, -0.25) is 4.79 Å². The molecule has 0 aliphatic carbocycles. The summed E-state index contributed by atoms with van der Waals surface area (Å²) in [6.07, 6.45) is 0.619. The lowest BCUT2D eigenvalue weighted by atomic mass is 9.99. The summed E-state index contributed by atoms with van der Waals surface area (Å²) in [6.45, 7) is 4.18. The van der Waals surface area contributed by atoms with Crippen molar-refractivity contribution in [1.82, 2.24) is 5.32 Å². The smallest absolute Gasteiger partial charge is 0.240 e. The van der Waals surface area contributed by atoms with Crippen molar-refractivity contribution in [3.05, 3.63) is 48.0 Å². The highest BCUT2D eigenvalue weighted by Gasteiger charge is 2.25. The molecular formula is C16H20N2O. The van der Waals surface area contributed by atoms with Crippen LogP contribution in [-0.4, -0.2) is 11.4 Å². The lowest BCUT2D eigenvalue weighted by Crippen LogP contribution is -2.50. The fourth-order valence-electron chi connectivity index (χ4n) is 1.98. The molecule has 0 bridgehead atoms. The third kappa shape index (κ3) is 2.93. The minimum absolute atomic E-state index is 0.108. The Morgan fingerprint density at radius 2 is 1.89 bits per heavy atom. The minimum atomic E-state index is -0.801. The Morgan fingerprint density at radius 1 is 1.21 bits per heavy atom. The van der Waals surface area contributed by atoms with Crippen molar-refractivity contribution in [3.63, 3.8) is 0 Å². The fourth-order valence-corrected chi connectivity index (χ4v) is 1.98. The van der Waals surface area contributed by atoms with Gasteiger partial charge in [0.2, 0.25) is 5.91 Å². The number of carbonyl (C=O) groups excluding carboxylic acids is 1. The molecule has 2 rings (SSSR count). The highest BCUT2D eigenvalue weighted by atomic mass is 16.2. The zero-order valence-corrected chi connectivity index (χ0v) is 11.4. The van der Waals surface area contributed by atoms with Crippen molar-refractivity contribution in [3.8, 4) is 0 Å². The summed E-state index contributed by atoms with van der Waals surface area (Å²) in [4.78, 5) is 12.0. The van der Waals surface area contributed by atoms with E-state index < -0.39 is 5.54 Å². The Labute approximate surface area is 113 Å². The van der Waals surface area contributed by atoms with Crippen molar-refractivity contribution in [2.45, 2.75) is 32.4 Å². The van der Waals surface area contributed by atoms with E-state index in [1.165, 1.54) is 10.8 Å². The van der Waals surface area contributed by atoms with E-state index >= 15 is 0 Å². The summed E-state index contributed by atoms with van der Waals surface area (Å²) in [5.41, 5.74) is 6.23. The zero-order chi connectivity index (χ0) is 13.9. The molecule has 1 atom stereocenters. The zero-order valence-electron chi connectivity index (χ0n) is 11.4. The third-order valence-electron chi connectivity index (χ3n) is 3.57. The molecule has 19 heavy (non-hydrogen) atoms. The number of amides is 1. The SMILES string of the molecule is CCC(C)(N)C(=O)NCc1cccc2ccccc12. The quantitative estimate of drug-likeness (QED) is 0.883. The molecular weight excluding hydrogens is 236 g/mol. The van der Waals surface area contributed by atoms with Gasteiger partial charge in [0.05, 0.1) is 5.54 Å². The van der Waals surface area contributed by atoms with Crippen molar-refractivity contribution in [2.24, 2.45) is 5.73 Å². The van der Waals surface area contributed by atoms with Gasteiger partial charge in [-0.1, -0.05) is 49.4 Å². The van der Waals surface area contributed by atoms with Crippen LogP contribution in [0.2, 0.25) is 0 Å². The van der Waals surface area contributed by atoms with Crippen LogP contribution in [0.1, 0.15) is 25.8 Å². The molecule has 2 aromatic carbocycles. The van der Waals surface area contributed by atoms with E-state index in [9.17, 15) is 4.79 Å². The Hall–Kier alpha value is -1.87. The van der Waals surface area contributed by atoms with Crippen LogP contribution < -0.4 is 11.1 Å². The molecule has 0 saturated carbocycles. The Balaban J connectivity index is 2.17. The second-order valence-electron chi connectivity index (χ2n) is 5.09. The third-order valence-corrected chi connectivity index (χ3v) is 3.57. The fraction of sp³-hybridized carbons (Fsp3) is 0.312. The van der Waals surface area contributed by atoms with Gasteiger partial charge < -0.3 is 11.1 Å². The van der Waals surface area contributed by atoms with Crippen LogP contribution in [0, 0.1) is 0 Å². The van der Waals surface area contributed by atoms with Crippen LogP contribution in [0.15, 0.2) is 42.5 Å². The summed E-state index contributed by atoms with van der Waals surface area (Å²) in [5.74, 6) is -0.108. The van der Waals surface area contributed by atoms with Gasteiger partial charge in [-0.25, -0.2) is 0 Å². The summed E-state index contributed by atoms with van der Waals surface area (Å²) in [5, 5.41) is 5.27. The van der Waals surface area contributed by atoms with Gasteiger partial charge in [-0.05, 0) is 29.7 Å². The maximum absolute atomic E-state index is 12.0. The van der Waals surface area contributed by atoms with Crippen LogP contribution in [0.25, 0.3) is 10.8 Å². The molecule has 0 aromatic heterocycles. The molecule has 3 heteroatoms. The minimum Gasteiger partial charge on any atom is -0.350 e. The molecule has 1 amide bonds. The van der Waals surface area contributed by atoms with Gasteiger partial charge >= 0.3 is 0 Å². The number of nitrogens with one attached hydrogen (secondary N) is 1. The second-order valence-corrected chi connectivity index (χ2v) is 5.09. The van der Waals surface area contributed by atoms with Crippen LogP contribution >= 0.6 is 0 Å². The van der Waals surface area contributed by atoms with Gasteiger partial charge in [0.15, 0.2) is 0 Å².